The van der Waals surface area contributed by atoms with Gasteiger partial charge in [0.15, 0.2) is 5.82 Å². The largest absolute Gasteiger partial charge is 0.481 e. The van der Waals surface area contributed by atoms with Gasteiger partial charge in [-0.15, -0.1) is 5.10 Å². The number of hydrogen-bond acceptors (Lipinski definition) is 4. The van der Waals surface area contributed by atoms with Crippen molar-refractivity contribution in [2.24, 2.45) is 5.92 Å². The molecular weight excluding hydrogens is 315 g/mol. The molecule has 0 saturated heterocycles. The number of carbonyl (C=O) groups is 1. The molecule has 2 unspecified atom stereocenters. The van der Waals surface area contributed by atoms with Crippen molar-refractivity contribution >= 4 is 29.2 Å². The Bertz CT molecular complexity index is 659. The van der Waals surface area contributed by atoms with E-state index in [2.05, 4.69) is 15.5 Å². The maximum absolute atomic E-state index is 11.1. The van der Waals surface area contributed by atoms with Crippen molar-refractivity contribution in [3.05, 3.63) is 39.6 Å². The number of nitrogens with zero attached hydrogens (tertiary/aromatic N) is 4. The maximum atomic E-state index is 11.1. The van der Waals surface area contributed by atoms with Gasteiger partial charge in [-0.25, -0.2) is 4.68 Å². The molecule has 0 fully saturated rings. The molecule has 1 aromatic carbocycles. The monoisotopic (exact) mass is 328 g/mol. The number of carboxylic acid groups (broad SMARTS) is 1. The van der Waals surface area contributed by atoms with E-state index in [0.29, 0.717) is 22.3 Å². The summed E-state index contributed by atoms with van der Waals surface area (Å²) in [5, 5.41) is 21.5. The molecule has 8 heteroatoms. The molecule has 0 amide bonds. The van der Waals surface area contributed by atoms with Crippen LogP contribution in [0.15, 0.2) is 18.2 Å². The molecule has 21 heavy (non-hydrogen) atoms. The van der Waals surface area contributed by atoms with E-state index in [9.17, 15) is 4.79 Å². The van der Waals surface area contributed by atoms with Crippen LogP contribution in [0.4, 0.5) is 0 Å². The minimum Gasteiger partial charge on any atom is -0.481 e. The number of hydrogen-bond donors (Lipinski definition) is 1. The highest BCUT2D eigenvalue weighted by Gasteiger charge is 2.24. The molecule has 0 saturated carbocycles. The lowest BCUT2D eigenvalue weighted by Crippen LogP contribution is -2.24. The Labute approximate surface area is 131 Å². The summed E-state index contributed by atoms with van der Waals surface area (Å²) in [5.41, 5.74) is 0.899. The number of carboxylic acids is 1. The highest BCUT2D eigenvalue weighted by atomic mass is 35.5. The zero-order valence-electron chi connectivity index (χ0n) is 11.5. The van der Waals surface area contributed by atoms with Crippen LogP contribution in [0.5, 0.6) is 0 Å². The van der Waals surface area contributed by atoms with Gasteiger partial charge in [-0.1, -0.05) is 29.3 Å². The van der Waals surface area contributed by atoms with Crippen LogP contribution in [0.2, 0.25) is 10.0 Å². The van der Waals surface area contributed by atoms with Gasteiger partial charge >= 0.3 is 5.97 Å². The Hall–Kier alpha value is -1.66. The second-order valence-electron chi connectivity index (χ2n) is 4.83. The van der Waals surface area contributed by atoms with Crippen molar-refractivity contribution < 1.29 is 9.90 Å². The summed E-state index contributed by atoms with van der Waals surface area (Å²) < 4.78 is 1.53. The molecule has 0 radical (unpaired) electrons. The molecule has 112 valence electrons. The first-order chi connectivity index (χ1) is 9.90. The first-order valence-corrected chi connectivity index (χ1v) is 7.09. The van der Waals surface area contributed by atoms with E-state index in [1.807, 2.05) is 6.07 Å². The first kappa shape index (κ1) is 15.7. The van der Waals surface area contributed by atoms with Gasteiger partial charge in [0.25, 0.3) is 0 Å². The minimum atomic E-state index is -0.890. The van der Waals surface area contributed by atoms with E-state index in [4.69, 9.17) is 28.3 Å². The van der Waals surface area contributed by atoms with Crippen molar-refractivity contribution in [1.29, 1.82) is 0 Å². The van der Waals surface area contributed by atoms with E-state index >= 15 is 0 Å². The third-order valence-electron chi connectivity index (χ3n) is 3.41. The number of halogens is 2. The van der Waals surface area contributed by atoms with Gasteiger partial charge in [-0.3, -0.25) is 4.79 Å². The second kappa shape index (κ2) is 6.41. The molecule has 0 bridgehead atoms. The summed E-state index contributed by atoms with van der Waals surface area (Å²) in [7, 11) is 0. The topological polar surface area (TPSA) is 80.9 Å². The van der Waals surface area contributed by atoms with Crippen molar-refractivity contribution in [2.45, 2.75) is 26.3 Å². The molecule has 0 aliphatic carbocycles. The summed E-state index contributed by atoms with van der Waals surface area (Å²) in [4.78, 5) is 11.1. The highest BCUT2D eigenvalue weighted by molar-refractivity contribution is 6.42. The molecule has 2 rings (SSSR count). The number of benzene rings is 1. The summed E-state index contributed by atoms with van der Waals surface area (Å²) in [6, 6.07) is 4.93. The molecular formula is C13H14Cl2N4O2. The van der Waals surface area contributed by atoms with Crippen LogP contribution in [-0.4, -0.2) is 31.3 Å². The Balaban J connectivity index is 2.24. The molecule has 1 heterocycles. The Morgan fingerprint density at radius 2 is 2.05 bits per heavy atom. The van der Waals surface area contributed by atoms with E-state index < -0.39 is 11.9 Å². The number of aromatic nitrogens is 4. The molecule has 0 spiro atoms. The van der Waals surface area contributed by atoms with Crippen LogP contribution in [0.25, 0.3) is 0 Å². The van der Waals surface area contributed by atoms with Gasteiger partial charge in [0.05, 0.1) is 22.0 Å². The molecule has 2 atom stereocenters. The lowest BCUT2D eigenvalue weighted by Gasteiger charge is -2.17. The maximum Gasteiger partial charge on any atom is 0.308 e. The zero-order valence-corrected chi connectivity index (χ0v) is 13.0. The standard InChI is InChI=1S/C13H14Cl2N4O2/c1-7(13(20)21)8(2)19-12(16-17-18-19)6-9-3-4-10(14)11(15)5-9/h3-5,7-8H,6H2,1-2H3,(H,20,21). The number of tetrazole rings is 1. The van der Waals surface area contributed by atoms with Gasteiger partial charge in [0.2, 0.25) is 0 Å². The van der Waals surface area contributed by atoms with Crippen LogP contribution in [0.3, 0.4) is 0 Å². The predicted octanol–water partition coefficient (Wildman–Crippen LogP) is 2.85. The van der Waals surface area contributed by atoms with Gasteiger partial charge in [0.1, 0.15) is 0 Å². The van der Waals surface area contributed by atoms with Gasteiger partial charge in [0, 0.05) is 6.42 Å². The Morgan fingerprint density at radius 3 is 2.67 bits per heavy atom. The van der Waals surface area contributed by atoms with Crippen molar-refractivity contribution in [3.8, 4) is 0 Å². The molecule has 1 N–H and O–H groups in total. The first-order valence-electron chi connectivity index (χ1n) is 6.33. The van der Waals surface area contributed by atoms with Crippen LogP contribution in [0.1, 0.15) is 31.3 Å². The highest BCUT2D eigenvalue weighted by Crippen LogP contribution is 2.24. The SMILES string of the molecule is CC(C(=O)O)C(C)n1nnnc1Cc1ccc(Cl)c(Cl)c1. The fourth-order valence-corrected chi connectivity index (χ4v) is 2.22. The zero-order chi connectivity index (χ0) is 15.6. The molecule has 0 aliphatic heterocycles. The average molecular weight is 329 g/mol. The molecule has 2 aromatic rings. The van der Waals surface area contributed by atoms with Crippen LogP contribution in [0, 0.1) is 5.92 Å². The average Bonchev–Trinajstić information content (AvgIpc) is 2.89. The van der Waals surface area contributed by atoms with Crippen molar-refractivity contribution in [3.63, 3.8) is 0 Å². The van der Waals surface area contributed by atoms with E-state index in [1.54, 1.807) is 26.0 Å². The van der Waals surface area contributed by atoms with Gasteiger partial charge < -0.3 is 5.11 Å². The second-order valence-corrected chi connectivity index (χ2v) is 5.65. The van der Waals surface area contributed by atoms with Crippen LogP contribution < -0.4 is 0 Å². The van der Waals surface area contributed by atoms with Crippen LogP contribution in [-0.2, 0) is 11.2 Å². The van der Waals surface area contributed by atoms with Gasteiger partial charge in [-0.2, -0.15) is 0 Å². The normalized spacial score (nSPS) is 13.9. The van der Waals surface area contributed by atoms with Gasteiger partial charge in [-0.05, 0) is 42.0 Å². The predicted molar refractivity (Wildman–Crippen MR) is 78.6 cm³/mol. The molecule has 1 aromatic heterocycles. The Kier molecular flexibility index (Phi) is 4.80. The quantitative estimate of drug-likeness (QED) is 0.912. The molecule has 6 nitrogen and oxygen atoms in total. The third-order valence-corrected chi connectivity index (χ3v) is 4.15. The minimum absolute atomic E-state index is 0.352. The van der Waals surface area contributed by atoms with E-state index in [1.165, 1.54) is 4.68 Å². The van der Waals surface area contributed by atoms with Crippen LogP contribution >= 0.6 is 23.2 Å². The van der Waals surface area contributed by atoms with Crippen molar-refractivity contribution in [2.75, 3.05) is 0 Å². The summed E-state index contributed by atoms with van der Waals surface area (Å²) >= 11 is 11.9. The lowest BCUT2D eigenvalue weighted by molar-refractivity contribution is -0.142. The lowest BCUT2D eigenvalue weighted by atomic mass is 10.0. The van der Waals surface area contributed by atoms with E-state index in [-0.39, 0.29) is 6.04 Å². The number of aliphatic carboxylic acids is 1. The fraction of sp³-hybridized carbons (Fsp3) is 0.385. The summed E-state index contributed by atoms with van der Waals surface area (Å²) in [5.74, 6) is -0.909. The summed E-state index contributed by atoms with van der Waals surface area (Å²) in [6.07, 6.45) is 0.445. The van der Waals surface area contributed by atoms with Crippen molar-refractivity contribution in [1.82, 2.24) is 20.2 Å². The Morgan fingerprint density at radius 1 is 1.33 bits per heavy atom. The molecule has 0 aliphatic rings. The fourth-order valence-electron chi connectivity index (χ4n) is 1.90. The number of rotatable bonds is 5. The smallest absolute Gasteiger partial charge is 0.308 e. The van der Waals surface area contributed by atoms with E-state index in [0.717, 1.165) is 5.56 Å². The third kappa shape index (κ3) is 3.51. The summed E-state index contributed by atoms with van der Waals surface area (Å²) in [6.45, 7) is 3.39.